The Labute approximate surface area is 120 Å². The van der Waals surface area contributed by atoms with Crippen molar-refractivity contribution < 1.29 is 13.5 Å². The number of alkyl halides is 2. The summed E-state index contributed by atoms with van der Waals surface area (Å²) in [6.45, 7) is -1.03. The Morgan fingerprint density at radius 2 is 2.00 bits per heavy atom. The van der Waals surface area contributed by atoms with E-state index in [0.29, 0.717) is 27.2 Å². The van der Waals surface area contributed by atoms with E-state index in [4.69, 9.17) is 4.74 Å². The molecule has 0 amide bonds. The Kier molecular flexibility index (Phi) is 3.29. The van der Waals surface area contributed by atoms with Crippen LogP contribution in [0, 0.1) is 6.92 Å². The number of pyridine rings is 1. The van der Waals surface area contributed by atoms with Crippen LogP contribution in [-0.4, -0.2) is 21.9 Å². The van der Waals surface area contributed by atoms with Crippen molar-refractivity contribution in [3.8, 4) is 16.9 Å². The van der Waals surface area contributed by atoms with Crippen LogP contribution in [0.2, 0.25) is 0 Å². The molecule has 0 spiro atoms. The molecule has 1 aromatic carbocycles. The number of ether oxygens (including phenoxy) is 1. The summed E-state index contributed by atoms with van der Waals surface area (Å²) in [5.74, 6) is 0.647. The van der Waals surface area contributed by atoms with Crippen molar-refractivity contribution in [1.82, 2.24) is 14.8 Å². The van der Waals surface area contributed by atoms with Crippen molar-refractivity contribution in [3.05, 3.63) is 42.4 Å². The zero-order chi connectivity index (χ0) is 15.0. The van der Waals surface area contributed by atoms with Gasteiger partial charge < -0.3 is 4.74 Å². The number of fused-ring (bicyclic) bond motifs is 1. The van der Waals surface area contributed by atoms with Crippen LogP contribution >= 0.6 is 0 Å². The van der Waals surface area contributed by atoms with E-state index in [-0.39, 0.29) is 0 Å². The second kappa shape index (κ2) is 5.12. The summed E-state index contributed by atoms with van der Waals surface area (Å²) in [7, 11) is 1.57. The highest BCUT2D eigenvalue weighted by atomic mass is 19.3. The van der Waals surface area contributed by atoms with E-state index in [1.807, 2.05) is 12.1 Å². The van der Waals surface area contributed by atoms with Gasteiger partial charge in [0.05, 0.1) is 13.3 Å². The van der Waals surface area contributed by atoms with Gasteiger partial charge in [-0.1, -0.05) is 6.07 Å². The predicted molar refractivity (Wildman–Crippen MR) is 75.5 cm³/mol. The molecule has 0 unspecified atom stereocenters. The second-order valence-corrected chi connectivity index (χ2v) is 4.58. The summed E-state index contributed by atoms with van der Waals surface area (Å²) in [6, 6.07) is 7.31. The highest BCUT2D eigenvalue weighted by molar-refractivity contribution is 5.98. The van der Waals surface area contributed by atoms with Crippen LogP contribution in [0.4, 0.5) is 8.78 Å². The molecule has 2 aromatic heterocycles. The van der Waals surface area contributed by atoms with Gasteiger partial charge in [0.2, 0.25) is 0 Å². The van der Waals surface area contributed by atoms with E-state index < -0.39 is 6.55 Å². The molecule has 0 fully saturated rings. The van der Waals surface area contributed by atoms with Crippen LogP contribution in [-0.2, 0) is 0 Å². The molecule has 108 valence electrons. The first-order valence-electron chi connectivity index (χ1n) is 6.38. The lowest BCUT2D eigenvalue weighted by Crippen LogP contribution is -2.02. The van der Waals surface area contributed by atoms with Crippen LogP contribution in [0.15, 0.2) is 36.7 Å². The molecule has 0 aliphatic rings. The average molecular weight is 289 g/mol. The largest absolute Gasteiger partial charge is 0.494 e. The topological polar surface area (TPSA) is 39.9 Å². The van der Waals surface area contributed by atoms with Gasteiger partial charge in [-0.25, -0.2) is 4.68 Å². The first kappa shape index (κ1) is 13.5. The van der Waals surface area contributed by atoms with Gasteiger partial charge in [0.1, 0.15) is 11.3 Å². The summed E-state index contributed by atoms with van der Waals surface area (Å²) in [4.78, 5) is 4.31. The fourth-order valence-electron chi connectivity index (χ4n) is 2.43. The van der Waals surface area contributed by atoms with Crippen LogP contribution in [0.5, 0.6) is 5.75 Å². The second-order valence-electron chi connectivity index (χ2n) is 4.58. The third kappa shape index (κ3) is 2.12. The fourth-order valence-corrected chi connectivity index (χ4v) is 2.43. The minimum atomic E-state index is -2.65. The lowest BCUT2D eigenvalue weighted by atomic mass is 10.0. The lowest BCUT2D eigenvalue weighted by molar-refractivity contribution is 0.0545. The molecule has 21 heavy (non-hydrogen) atoms. The smallest absolute Gasteiger partial charge is 0.333 e. The number of hydrogen-bond donors (Lipinski definition) is 0. The first-order valence-corrected chi connectivity index (χ1v) is 6.38. The number of halogens is 2. The third-order valence-corrected chi connectivity index (χ3v) is 3.47. The maximum atomic E-state index is 12.9. The molecule has 3 aromatic rings. The molecule has 0 saturated carbocycles. The highest BCUT2D eigenvalue weighted by Gasteiger charge is 2.17. The molecule has 0 bridgehead atoms. The van der Waals surface area contributed by atoms with Crippen molar-refractivity contribution in [2.75, 3.05) is 7.11 Å². The van der Waals surface area contributed by atoms with Crippen molar-refractivity contribution in [1.29, 1.82) is 0 Å². The molecule has 0 aliphatic heterocycles. The normalized spacial score (nSPS) is 11.3. The SMILES string of the molecule is COc1ccc(-c2cnn(C(F)F)c2C)c2cccnc12. The van der Waals surface area contributed by atoms with Gasteiger partial charge in [-0.2, -0.15) is 13.9 Å². The number of aromatic nitrogens is 3. The molecule has 0 saturated heterocycles. The number of rotatable bonds is 3. The van der Waals surface area contributed by atoms with E-state index in [1.54, 1.807) is 32.4 Å². The Hall–Kier alpha value is -2.50. The Balaban J connectivity index is 2.27. The van der Waals surface area contributed by atoms with Gasteiger partial charge >= 0.3 is 6.55 Å². The summed E-state index contributed by atoms with van der Waals surface area (Å²) < 4.78 is 31.7. The minimum Gasteiger partial charge on any atom is -0.494 e. The Bertz CT molecular complexity index is 799. The van der Waals surface area contributed by atoms with Crippen LogP contribution in [0.3, 0.4) is 0 Å². The quantitative estimate of drug-likeness (QED) is 0.736. The molecule has 3 rings (SSSR count). The molecule has 0 radical (unpaired) electrons. The van der Waals surface area contributed by atoms with E-state index in [2.05, 4.69) is 10.1 Å². The summed E-state index contributed by atoms with van der Waals surface area (Å²) >= 11 is 0. The molecule has 0 atom stereocenters. The lowest BCUT2D eigenvalue weighted by Gasteiger charge is -2.10. The van der Waals surface area contributed by atoms with Gasteiger partial charge in [0.25, 0.3) is 0 Å². The number of hydrogen-bond acceptors (Lipinski definition) is 3. The van der Waals surface area contributed by atoms with Gasteiger partial charge in [0.15, 0.2) is 0 Å². The van der Waals surface area contributed by atoms with Gasteiger partial charge in [-0.15, -0.1) is 0 Å². The average Bonchev–Trinajstić information content (AvgIpc) is 2.88. The summed E-state index contributed by atoms with van der Waals surface area (Å²) in [5, 5.41) is 4.60. The molecular weight excluding hydrogens is 276 g/mol. The number of methoxy groups -OCH3 is 1. The first-order chi connectivity index (χ1) is 10.1. The number of nitrogens with zero attached hydrogens (tertiary/aromatic N) is 3. The van der Waals surface area contributed by atoms with Crippen LogP contribution in [0.25, 0.3) is 22.0 Å². The molecule has 6 heteroatoms. The van der Waals surface area contributed by atoms with Crippen LogP contribution in [0.1, 0.15) is 12.2 Å². The zero-order valence-corrected chi connectivity index (χ0v) is 11.5. The highest BCUT2D eigenvalue weighted by Crippen LogP contribution is 2.35. The zero-order valence-electron chi connectivity index (χ0n) is 11.5. The van der Waals surface area contributed by atoms with E-state index >= 15 is 0 Å². The maximum Gasteiger partial charge on any atom is 0.333 e. The van der Waals surface area contributed by atoms with Gasteiger partial charge in [-0.3, -0.25) is 4.98 Å². The van der Waals surface area contributed by atoms with E-state index in [9.17, 15) is 8.78 Å². The van der Waals surface area contributed by atoms with E-state index in [0.717, 1.165) is 10.9 Å². The molecular formula is C15H13F2N3O. The van der Waals surface area contributed by atoms with Crippen molar-refractivity contribution in [3.63, 3.8) is 0 Å². The van der Waals surface area contributed by atoms with Crippen molar-refractivity contribution in [2.24, 2.45) is 0 Å². The van der Waals surface area contributed by atoms with Crippen molar-refractivity contribution >= 4 is 10.9 Å². The summed E-state index contributed by atoms with van der Waals surface area (Å²) in [6.07, 6.45) is 3.12. The maximum absolute atomic E-state index is 12.9. The standard InChI is InChI=1S/C15H13F2N3O/c1-9-12(8-19-20(9)15(16)17)10-5-6-13(21-2)14-11(10)4-3-7-18-14/h3-8,15H,1-2H3. The monoisotopic (exact) mass is 289 g/mol. The fraction of sp³-hybridized carbons (Fsp3) is 0.200. The van der Waals surface area contributed by atoms with Gasteiger partial charge in [-0.05, 0) is 30.7 Å². The molecule has 2 heterocycles. The summed E-state index contributed by atoms with van der Waals surface area (Å²) in [5.41, 5.74) is 2.58. The Morgan fingerprint density at radius 1 is 1.19 bits per heavy atom. The predicted octanol–water partition coefficient (Wildman–Crippen LogP) is 3.81. The van der Waals surface area contributed by atoms with Gasteiger partial charge in [0, 0.05) is 22.8 Å². The Morgan fingerprint density at radius 3 is 2.67 bits per heavy atom. The molecule has 0 N–H and O–H groups in total. The molecule has 0 aliphatic carbocycles. The van der Waals surface area contributed by atoms with Crippen molar-refractivity contribution in [2.45, 2.75) is 13.5 Å². The minimum absolute atomic E-state index is 0.417. The van der Waals surface area contributed by atoms with E-state index in [1.165, 1.54) is 6.20 Å². The molecule has 4 nitrogen and oxygen atoms in total. The number of benzene rings is 1. The van der Waals surface area contributed by atoms with Crippen LogP contribution < -0.4 is 4.74 Å². The third-order valence-electron chi connectivity index (χ3n) is 3.47.